The van der Waals surface area contributed by atoms with Gasteiger partial charge >= 0.3 is 0 Å². The van der Waals surface area contributed by atoms with Crippen LogP contribution in [0, 0.1) is 13.8 Å². The number of amides is 1. The Labute approximate surface area is 236 Å². The Balaban J connectivity index is 1.25. The van der Waals surface area contributed by atoms with E-state index >= 15 is 0 Å². The first kappa shape index (κ1) is 28.1. The molecule has 0 N–H and O–H groups in total. The molecular weight excluding hydrogens is 528 g/mol. The molecule has 0 saturated carbocycles. The van der Waals surface area contributed by atoms with Crippen molar-refractivity contribution in [3.05, 3.63) is 89.1 Å². The first-order chi connectivity index (χ1) is 19.2. The van der Waals surface area contributed by atoms with Crippen LogP contribution < -0.4 is 9.64 Å². The zero-order valence-corrected chi connectivity index (χ0v) is 24.0. The molecule has 2 aliphatic heterocycles. The van der Waals surface area contributed by atoms with E-state index in [0.717, 1.165) is 29.9 Å². The molecule has 2 saturated heterocycles. The Bertz CT molecular complexity index is 1450. The average Bonchev–Trinajstić information content (AvgIpc) is 3.37. The molecule has 40 heavy (non-hydrogen) atoms. The zero-order valence-electron chi connectivity index (χ0n) is 23.2. The predicted octanol–water partition coefficient (Wildman–Crippen LogP) is 3.62. The number of sulfonamides is 1. The molecule has 9 nitrogen and oxygen atoms in total. The van der Waals surface area contributed by atoms with Gasteiger partial charge in [-0.05, 0) is 61.7 Å². The van der Waals surface area contributed by atoms with E-state index in [2.05, 4.69) is 4.98 Å². The third-order valence-corrected chi connectivity index (χ3v) is 9.28. The summed E-state index contributed by atoms with van der Waals surface area (Å²) < 4.78 is 40.2. The fourth-order valence-corrected chi connectivity index (χ4v) is 6.80. The Morgan fingerprint density at radius 1 is 1.00 bits per heavy atom. The van der Waals surface area contributed by atoms with Crippen molar-refractivity contribution in [2.45, 2.75) is 38.2 Å². The fraction of sp³-hybridized carbons (Fsp3) is 0.400. The molecule has 3 heterocycles. The smallest absolute Gasteiger partial charge is 0.254 e. The van der Waals surface area contributed by atoms with Gasteiger partial charge in [-0.1, -0.05) is 35.9 Å². The van der Waals surface area contributed by atoms with Crippen LogP contribution in [0.5, 0.6) is 5.75 Å². The number of nitrogens with zero attached hydrogens (tertiary/aromatic N) is 4. The van der Waals surface area contributed by atoms with E-state index in [1.807, 2.05) is 61.2 Å². The minimum Gasteiger partial charge on any atom is -0.486 e. The van der Waals surface area contributed by atoms with Gasteiger partial charge in [0, 0.05) is 32.0 Å². The molecule has 0 radical (unpaired) electrons. The number of hydrogen-bond acceptors (Lipinski definition) is 7. The van der Waals surface area contributed by atoms with Gasteiger partial charge in [-0.25, -0.2) is 13.4 Å². The number of aromatic nitrogens is 1. The highest BCUT2D eigenvalue weighted by atomic mass is 32.2. The number of ether oxygens (including phenoxy) is 2. The van der Waals surface area contributed by atoms with E-state index < -0.39 is 10.0 Å². The quantitative estimate of drug-likeness (QED) is 0.413. The molecule has 2 aliphatic rings. The standard InChI is InChI=1S/C30H36N4O5S/c1-22-11-12-23(2)26(16-22)30(35)33-18-27(38-3)28(19-33)39-25-9-6-8-24(17-25)20-40(36,37)34-15-7-14-32(21-34)29-10-4-5-13-31-29/h4-6,8-13,16-17,27-28H,7,14-15,18-21H2,1-3H3. The van der Waals surface area contributed by atoms with E-state index in [1.165, 1.54) is 4.31 Å². The number of carbonyl (C=O) groups is 1. The van der Waals surface area contributed by atoms with E-state index in [0.29, 0.717) is 36.5 Å². The van der Waals surface area contributed by atoms with Crippen LogP contribution in [0.15, 0.2) is 66.9 Å². The highest BCUT2D eigenvalue weighted by Gasteiger charge is 2.38. The molecule has 0 aliphatic carbocycles. The highest BCUT2D eigenvalue weighted by Crippen LogP contribution is 2.26. The van der Waals surface area contributed by atoms with Crippen molar-refractivity contribution in [3.63, 3.8) is 0 Å². The van der Waals surface area contributed by atoms with Crippen LogP contribution in [-0.2, 0) is 20.5 Å². The minimum absolute atomic E-state index is 0.0459. The lowest BCUT2D eigenvalue weighted by Crippen LogP contribution is -2.48. The molecule has 212 valence electrons. The van der Waals surface area contributed by atoms with E-state index in [4.69, 9.17) is 9.47 Å². The van der Waals surface area contributed by atoms with Gasteiger partial charge in [-0.3, -0.25) is 4.79 Å². The van der Waals surface area contributed by atoms with E-state index in [-0.39, 0.29) is 30.5 Å². The number of aryl methyl sites for hydroxylation is 2. The lowest BCUT2D eigenvalue weighted by atomic mass is 10.0. The SMILES string of the molecule is COC1CN(C(=O)c2cc(C)ccc2C)CC1Oc1cccc(CS(=O)(=O)N2CCCN(c3ccccn3)C2)c1. The third-order valence-electron chi connectivity index (χ3n) is 7.49. The number of anilines is 1. The summed E-state index contributed by atoms with van der Waals surface area (Å²) in [5.74, 6) is 1.15. The number of benzene rings is 2. The normalized spacial score (nSPS) is 20.1. The summed E-state index contributed by atoms with van der Waals surface area (Å²) in [4.78, 5) is 21.4. The number of methoxy groups -OCH3 is 1. The molecule has 0 bridgehead atoms. The summed E-state index contributed by atoms with van der Waals surface area (Å²) in [6.07, 6.45) is 1.77. The van der Waals surface area contributed by atoms with Crippen molar-refractivity contribution < 1.29 is 22.7 Å². The minimum atomic E-state index is -3.56. The van der Waals surface area contributed by atoms with Gasteiger partial charge in [0.25, 0.3) is 5.91 Å². The molecule has 10 heteroatoms. The van der Waals surface area contributed by atoms with Crippen molar-refractivity contribution in [3.8, 4) is 5.75 Å². The van der Waals surface area contributed by atoms with E-state index in [9.17, 15) is 13.2 Å². The maximum Gasteiger partial charge on any atom is 0.254 e. The van der Waals surface area contributed by atoms with Crippen molar-refractivity contribution in [2.75, 3.05) is 44.9 Å². The highest BCUT2D eigenvalue weighted by molar-refractivity contribution is 7.88. The Hall–Kier alpha value is -3.47. The van der Waals surface area contributed by atoms with Crippen LogP contribution in [0.4, 0.5) is 5.82 Å². The molecule has 1 amide bonds. The van der Waals surface area contributed by atoms with Gasteiger partial charge in [0.05, 0.1) is 25.5 Å². The second-order valence-corrected chi connectivity index (χ2v) is 12.5. The molecule has 3 aromatic rings. The summed E-state index contributed by atoms with van der Waals surface area (Å²) in [6, 6.07) is 18.7. The first-order valence-electron chi connectivity index (χ1n) is 13.5. The first-order valence-corrected chi connectivity index (χ1v) is 15.1. The average molecular weight is 565 g/mol. The van der Waals surface area contributed by atoms with Crippen LogP contribution in [0.1, 0.15) is 33.5 Å². The maximum atomic E-state index is 13.4. The van der Waals surface area contributed by atoms with Crippen LogP contribution >= 0.6 is 0 Å². The molecular formula is C30H36N4O5S. The second kappa shape index (κ2) is 12.0. The van der Waals surface area contributed by atoms with Crippen molar-refractivity contribution >= 4 is 21.7 Å². The molecule has 5 rings (SSSR count). The number of pyridine rings is 1. The largest absolute Gasteiger partial charge is 0.486 e. The van der Waals surface area contributed by atoms with Gasteiger partial charge in [-0.15, -0.1) is 0 Å². The van der Waals surface area contributed by atoms with Gasteiger partial charge in [0.2, 0.25) is 10.0 Å². The number of rotatable bonds is 8. The summed E-state index contributed by atoms with van der Waals surface area (Å²) >= 11 is 0. The monoisotopic (exact) mass is 564 g/mol. The summed E-state index contributed by atoms with van der Waals surface area (Å²) in [6.45, 7) is 6.22. The van der Waals surface area contributed by atoms with E-state index in [1.54, 1.807) is 36.4 Å². The molecule has 0 spiro atoms. The lowest BCUT2D eigenvalue weighted by molar-refractivity contribution is 0.0339. The van der Waals surface area contributed by atoms with Gasteiger partial charge in [-0.2, -0.15) is 4.31 Å². The van der Waals surface area contributed by atoms with Crippen LogP contribution in [-0.4, -0.2) is 80.7 Å². The second-order valence-electron chi connectivity index (χ2n) is 10.5. The van der Waals surface area contributed by atoms with Crippen molar-refractivity contribution in [2.24, 2.45) is 0 Å². The van der Waals surface area contributed by atoms with Gasteiger partial charge in [0.1, 0.15) is 23.8 Å². The predicted molar refractivity (Wildman–Crippen MR) is 154 cm³/mol. The molecule has 2 fully saturated rings. The van der Waals surface area contributed by atoms with Crippen molar-refractivity contribution in [1.29, 1.82) is 0 Å². The summed E-state index contributed by atoms with van der Waals surface area (Å²) in [5.41, 5.74) is 3.29. The van der Waals surface area contributed by atoms with Crippen LogP contribution in [0.2, 0.25) is 0 Å². The van der Waals surface area contributed by atoms with Crippen LogP contribution in [0.3, 0.4) is 0 Å². The fourth-order valence-electron chi connectivity index (χ4n) is 5.30. The topological polar surface area (TPSA) is 92.3 Å². The van der Waals surface area contributed by atoms with Crippen LogP contribution in [0.25, 0.3) is 0 Å². The summed E-state index contributed by atoms with van der Waals surface area (Å²) in [7, 11) is -1.95. The Morgan fingerprint density at radius 3 is 2.60 bits per heavy atom. The maximum absolute atomic E-state index is 13.4. The Morgan fingerprint density at radius 2 is 1.82 bits per heavy atom. The number of hydrogen-bond donors (Lipinski definition) is 0. The molecule has 1 aromatic heterocycles. The van der Waals surface area contributed by atoms with Gasteiger partial charge in [0.15, 0.2) is 0 Å². The third kappa shape index (κ3) is 6.29. The lowest BCUT2D eigenvalue weighted by Gasteiger charge is -2.35. The summed E-state index contributed by atoms with van der Waals surface area (Å²) in [5, 5.41) is 0. The number of likely N-dealkylation sites (tertiary alicyclic amines) is 1. The molecule has 2 atom stereocenters. The number of carbonyl (C=O) groups excluding carboxylic acids is 1. The zero-order chi connectivity index (χ0) is 28.3. The van der Waals surface area contributed by atoms with Crippen molar-refractivity contribution in [1.82, 2.24) is 14.2 Å². The van der Waals surface area contributed by atoms with Gasteiger partial charge < -0.3 is 19.3 Å². The molecule has 2 aromatic carbocycles. The Kier molecular flexibility index (Phi) is 8.39. The molecule has 2 unspecified atom stereocenters.